The third kappa shape index (κ3) is 4.35. The van der Waals surface area contributed by atoms with E-state index >= 15 is 0 Å². The van der Waals surface area contributed by atoms with E-state index in [1.54, 1.807) is 0 Å². The summed E-state index contributed by atoms with van der Waals surface area (Å²) in [6.07, 6.45) is 3.62. The van der Waals surface area contributed by atoms with Crippen LogP contribution in [0.3, 0.4) is 0 Å². The zero-order valence-electron chi connectivity index (χ0n) is 16.2. The van der Waals surface area contributed by atoms with Gasteiger partial charge < -0.3 is 9.05 Å². The number of imidazole rings is 1. The summed E-state index contributed by atoms with van der Waals surface area (Å²) in [5, 5.41) is 2.02. The molecule has 2 heterocycles. The Hall–Kier alpha value is -1.46. The first-order valence-corrected chi connectivity index (χ1v) is 11.9. The largest absolute Gasteiger partial charge is 0.380 e. The van der Waals surface area contributed by atoms with Gasteiger partial charge in [-0.3, -0.25) is 8.97 Å². The Morgan fingerprint density at radius 2 is 1.70 bits per heavy atom. The van der Waals surface area contributed by atoms with Gasteiger partial charge in [-0.2, -0.15) is 0 Å². The molecule has 0 N–H and O–H groups in total. The van der Waals surface area contributed by atoms with Gasteiger partial charge in [0.1, 0.15) is 5.69 Å². The Morgan fingerprint density at radius 1 is 1.07 bits per heavy atom. The molecule has 3 aromatic rings. The SMILES string of the molecule is CCCCOP(=O)(OCCCC)c1c(-c2ccccc2)nc2scc(C)n12. The molecule has 0 fully saturated rings. The highest BCUT2D eigenvalue weighted by molar-refractivity contribution is 7.62. The number of thiazole rings is 1. The van der Waals surface area contributed by atoms with Crippen LogP contribution >= 0.6 is 18.9 Å². The standard InChI is InChI=1S/C20H27N2O3PS/c1-4-6-13-24-26(23,25-14-7-5-2)19-18(17-11-9-8-10-12-17)21-20-22(19)16(3)15-27-20/h8-12,15H,4-7,13-14H2,1-3H3. The Morgan fingerprint density at radius 3 is 2.30 bits per heavy atom. The highest BCUT2D eigenvalue weighted by Gasteiger charge is 2.36. The fourth-order valence-corrected chi connectivity index (χ4v) is 5.77. The fourth-order valence-electron chi connectivity index (χ4n) is 2.84. The molecule has 0 saturated carbocycles. The minimum Gasteiger partial charge on any atom is -0.304 e. The lowest BCUT2D eigenvalue weighted by atomic mass is 10.2. The molecular formula is C20H27N2O3PS. The van der Waals surface area contributed by atoms with Crippen molar-refractivity contribution in [3.8, 4) is 11.3 Å². The van der Waals surface area contributed by atoms with Gasteiger partial charge >= 0.3 is 7.60 Å². The van der Waals surface area contributed by atoms with Crippen LogP contribution in [0.1, 0.15) is 45.2 Å². The van der Waals surface area contributed by atoms with Crippen LogP contribution in [0.2, 0.25) is 0 Å². The average Bonchev–Trinajstić information content (AvgIpc) is 3.23. The van der Waals surface area contributed by atoms with Crippen molar-refractivity contribution < 1.29 is 13.6 Å². The molecule has 1 aromatic carbocycles. The molecule has 2 aromatic heterocycles. The maximum absolute atomic E-state index is 14.0. The van der Waals surface area contributed by atoms with Crippen LogP contribution in [0.5, 0.6) is 0 Å². The number of nitrogens with zero attached hydrogens (tertiary/aromatic N) is 2. The molecule has 5 nitrogen and oxygen atoms in total. The average molecular weight is 406 g/mol. The van der Waals surface area contributed by atoms with Crippen LogP contribution in [0.25, 0.3) is 16.2 Å². The van der Waals surface area contributed by atoms with E-state index in [0.29, 0.717) is 24.3 Å². The number of hydrogen-bond donors (Lipinski definition) is 0. The van der Waals surface area contributed by atoms with Gasteiger partial charge in [0.25, 0.3) is 0 Å². The smallest absolute Gasteiger partial charge is 0.304 e. The molecule has 27 heavy (non-hydrogen) atoms. The lowest BCUT2D eigenvalue weighted by molar-refractivity contribution is 0.208. The first-order chi connectivity index (χ1) is 13.1. The molecule has 0 bridgehead atoms. The second kappa shape index (κ2) is 9.16. The van der Waals surface area contributed by atoms with E-state index in [1.807, 2.05) is 47.0 Å². The zero-order valence-corrected chi connectivity index (χ0v) is 17.9. The predicted octanol–water partition coefficient (Wildman–Crippen LogP) is 5.82. The van der Waals surface area contributed by atoms with Crippen LogP contribution in [0, 0.1) is 6.92 Å². The van der Waals surface area contributed by atoms with Gasteiger partial charge in [0.15, 0.2) is 10.4 Å². The van der Waals surface area contributed by atoms with Gasteiger partial charge in [-0.25, -0.2) is 4.98 Å². The summed E-state index contributed by atoms with van der Waals surface area (Å²) in [5.74, 6) is 0. The summed E-state index contributed by atoms with van der Waals surface area (Å²) in [6, 6.07) is 9.84. The minimum absolute atomic E-state index is 0.407. The van der Waals surface area contributed by atoms with Gasteiger partial charge in [-0.15, -0.1) is 11.3 Å². The summed E-state index contributed by atoms with van der Waals surface area (Å²) >= 11 is 1.54. The molecular weight excluding hydrogens is 379 g/mol. The Kier molecular flexibility index (Phi) is 6.88. The van der Waals surface area contributed by atoms with E-state index < -0.39 is 7.60 Å². The highest BCUT2D eigenvalue weighted by Crippen LogP contribution is 2.50. The van der Waals surface area contributed by atoms with Gasteiger partial charge in [0, 0.05) is 16.6 Å². The first-order valence-electron chi connectivity index (χ1n) is 9.52. The number of fused-ring (bicyclic) bond motifs is 1. The molecule has 0 spiro atoms. The topological polar surface area (TPSA) is 52.8 Å². The van der Waals surface area contributed by atoms with Gasteiger partial charge in [-0.05, 0) is 19.8 Å². The predicted molar refractivity (Wildman–Crippen MR) is 112 cm³/mol. The third-order valence-corrected chi connectivity index (χ3v) is 7.25. The van der Waals surface area contributed by atoms with Gasteiger partial charge in [0.2, 0.25) is 0 Å². The van der Waals surface area contributed by atoms with Crippen LogP contribution in [0.15, 0.2) is 35.7 Å². The number of rotatable bonds is 10. The summed E-state index contributed by atoms with van der Waals surface area (Å²) in [6.45, 7) is 6.98. The Balaban J connectivity index is 2.14. The Bertz CT molecular complexity index is 906. The number of aromatic nitrogens is 2. The van der Waals surface area contributed by atoms with Gasteiger partial charge in [-0.1, -0.05) is 57.0 Å². The van der Waals surface area contributed by atoms with Crippen molar-refractivity contribution in [1.29, 1.82) is 0 Å². The van der Waals surface area contributed by atoms with Crippen LogP contribution in [-0.4, -0.2) is 22.6 Å². The van der Waals surface area contributed by atoms with Crippen molar-refractivity contribution in [3.05, 3.63) is 41.4 Å². The molecule has 0 radical (unpaired) electrons. The van der Waals surface area contributed by atoms with E-state index in [9.17, 15) is 4.57 Å². The zero-order chi connectivity index (χ0) is 19.3. The maximum Gasteiger partial charge on any atom is 0.380 e. The van der Waals surface area contributed by atoms with E-state index in [1.165, 1.54) is 11.3 Å². The third-order valence-electron chi connectivity index (χ3n) is 4.33. The van der Waals surface area contributed by atoms with Crippen molar-refractivity contribution in [2.24, 2.45) is 0 Å². The fraction of sp³-hybridized carbons (Fsp3) is 0.450. The molecule has 0 saturated heterocycles. The summed E-state index contributed by atoms with van der Waals surface area (Å²) in [4.78, 5) is 5.58. The lowest BCUT2D eigenvalue weighted by Crippen LogP contribution is -2.19. The molecule has 0 atom stereocenters. The summed E-state index contributed by atoms with van der Waals surface area (Å²) < 4.78 is 27.8. The minimum atomic E-state index is -3.52. The molecule has 3 rings (SSSR count). The van der Waals surface area contributed by atoms with E-state index in [4.69, 9.17) is 14.0 Å². The van der Waals surface area contributed by atoms with Crippen LogP contribution in [0.4, 0.5) is 0 Å². The second-order valence-corrected chi connectivity index (χ2v) is 9.29. The van der Waals surface area contributed by atoms with Crippen molar-refractivity contribution in [2.45, 2.75) is 46.5 Å². The number of benzene rings is 1. The number of unbranched alkanes of at least 4 members (excludes halogenated alkanes) is 2. The molecule has 0 amide bonds. The van der Waals surface area contributed by atoms with Crippen LogP contribution in [-0.2, 0) is 13.6 Å². The van der Waals surface area contributed by atoms with E-state index in [2.05, 4.69) is 13.8 Å². The Labute approximate surface area is 164 Å². The van der Waals surface area contributed by atoms with Crippen molar-refractivity contribution >= 4 is 29.3 Å². The van der Waals surface area contributed by atoms with E-state index in [0.717, 1.165) is 41.9 Å². The highest BCUT2D eigenvalue weighted by atomic mass is 32.1. The van der Waals surface area contributed by atoms with Crippen molar-refractivity contribution in [3.63, 3.8) is 0 Å². The molecule has 0 aliphatic heterocycles. The monoisotopic (exact) mass is 406 g/mol. The maximum atomic E-state index is 14.0. The van der Waals surface area contributed by atoms with E-state index in [-0.39, 0.29) is 0 Å². The normalized spacial score (nSPS) is 12.1. The molecule has 7 heteroatoms. The van der Waals surface area contributed by atoms with Crippen molar-refractivity contribution in [2.75, 3.05) is 13.2 Å². The molecule has 0 aliphatic rings. The van der Waals surface area contributed by atoms with Crippen LogP contribution < -0.4 is 5.44 Å². The molecule has 146 valence electrons. The molecule has 0 aliphatic carbocycles. The second-order valence-electron chi connectivity index (χ2n) is 6.52. The first kappa shape index (κ1) is 20.3. The number of aryl methyl sites for hydroxylation is 1. The lowest BCUT2D eigenvalue weighted by Gasteiger charge is -2.19. The summed E-state index contributed by atoms with van der Waals surface area (Å²) in [7, 11) is -3.52. The summed E-state index contributed by atoms with van der Waals surface area (Å²) in [5.41, 5.74) is 3.14. The molecule has 0 unspecified atom stereocenters. The number of hydrogen-bond acceptors (Lipinski definition) is 5. The van der Waals surface area contributed by atoms with Gasteiger partial charge in [0.05, 0.1) is 13.2 Å². The quantitative estimate of drug-likeness (QED) is 0.314. The van der Waals surface area contributed by atoms with Crippen molar-refractivity contribution in [1.82, 2.24) is 9.38 Å².